The van der Waals surface area contributed by atoms with E-state index in [9.17, 15) is 16.8 Å². The lowest BCUT2D eigenvalue weighted by molar-refractivity contribution is 0.490. The van der Waals surface area contributed by atoms with E-state index in [-0.39, 0.29) is 0 Å². The Morgan fingerprint density at radius 2 is 0.875 bits per heavy atom. The van der Waals surface area contributed by atoms with Crippen LogP contribution in [0.15, 0.2) is 18.8 Å². The average molecular weight is 352 g/mol. The standard InChI is InChI=1S/C4H2Cl4O6S2/c5-1(3(7)15(9,10)11)2(6)4(8)16(12,13)14/h(H,9,10,11)(H,12,13,14)/b3-1-,4-2-. The van der Waals surface area contributed by atoms with Gasteiger partial charge in [0.1, 0.15) is 0 Å². The molecule has 0 saturated heterocycles. The van der Waals surface area contributed by atoms with Gasteiger partial charge in [-0.15, -0.1) is 0 Å². The van der Waals surface area contributed by atoms with Crippen LogP contribution in [-0.4, -0.2) is 25.9 Å². The number of hydrogen-bond donors (Lipinski definition) is 2. The zero-order valence-corrected chi connectivity index (χ0v) is 11.5. The molecule has 0 radical (unpaired) electrons. The second-order valence-corrected chi connectivity index (χ2v) is 6.80. The summed E-state index contributed by atoms with van der Waals surface area (Å²) in [6.07, 6.45) is 0. The van der Waals surface area contributed by atoms with Crippen LogP contribution in [0.1, 0.15) is 0 Å². The first-order chi connectivity index (χ1) is 6.89. The number of rotatable bonds is 3. The smallest absolute Gasteiger partial charge is 0.281 e. The maximum atomic E-state index is 10.5. The average Bonchev–Trinajstić information content (AvgIpc) is 2.10. The molecule has 0 aromatic carbocycles. The summed E-state index contributed by atoms with van der Waals surface area (Å²) in [7, 11) is -9.73. The molecule has 94 valence electrons. The van der Waals surface area contributed by atoms with Crippen LogP contribution in [0.4, 0.5) is 0 Å². The minimum Gasteiger partial charge on any atom is -0.281 e. The van der Waals surface area contributed by atoms with Gasteiger partial charge in [-0.1, -0.05) is 46.4 Å². The molecule has 0 heterocycles. The highest BCUT2D eigenvalue weighted by molar-refractivity contribution is 7.92. The Morgan fingerprint density at radius 1 is 0.688 bits per heavy atom. The first-order valence-electron chi connectivity index (χ1n) is 2.95. The van der Waals surface area contributed by atoms with Crippen LogP contribution in [-0.2, 0) is 20.2 Å². The summed E-state index contributed by atoms with van der Waals surface area (Å²) in [4.78, 5) is 0. The summed E-state index contributed by atoms with van der Waals surface area (Å²) in [6, 6.07) is 0. The van der Waals surface area contributed by atoms with Crippen LogP contribution < -0.4 is 0 Å². The molecule has 0 aliphatic heterocycles. The van der Waals surface area contributed by atoms with Gasteiger partial charge in [0.05, 0.1) is 10.1 Å². The first-order valence-corrected chi connectivity index (χ1v) is 7.34. The lowest BCUT2D eigenvalue weighted by Gasteiger charge is -2.01. The summed E-state index contributed by atoms with van der Waals surface area (Å²) in [5.41, 5.74) is 0. The SMILES string of the molecule is O=S(=O)(O)/C(Cl)=C(Cl)/C(Cl)=C(\Cl)S(=O)(=O)O. The van der Waals surface area contributed by atoms with Crippen molar-refractivity contribution in [3.8, 4) is 0 Å². The molecule has 0 rings (SSSR count). The summed E-state index contributed by atoms with van der Waals surface area (Å²) in [5.74, 6) is 0. The molecule has 0 aromatic heterocycles. The molecular weight excluding hydrogens is 350 g/mol. The van der Waals surface area contributed by atoms with Crippen molar-refractivity contribution in [1.29, 1.82) is 0 Å². The number of allylic oxidation sites excluding steroid dienone is 2. The first kappa shape index (κ1) is 16.5. The molecule has 0 unspecified atom stereocenters. The Bertz CT molecular complexity index is 503. The van der Waals surface area contributed by atoms with Crippen LogP contribution >= 0.6 is 46.4 Å². The van der Waals surface area contributed by atoms with Crippen molar-refractivity contribution in [3.63, 3.8) is 0 Å². The van der Waals surface area contributed by atoms with Crippen LogP contribution in [0.25, 0.3) is 0 Å². The minimum absolute atomic E-state index is 1.05. The van der Waals surface area contributed by atoms with E-state index in [2.05, 4.69) is 0 Å². The fourth-order valence-electron chi connectivity index (χ4n) is 0.399. The van der Waals surface area contributed by atoms with Crippen molar-refractivity contribution in [2.24, 2.45) is 0 Å². The third-order valence-electron chi connectivity index (χ3n) is 0.991. The highest BCUT2D eigenvalue weighted by atomic mass is 35.5. The molecule has 0 aliphatic rings. The molecule has 0 atom stereocenters. The van der Waals surface area contributed by atoms with Crippen molar-refractivity contribution in [1.82, 2.24) is 0 Å². The Morgan fingerprint density at radius 3 is 1.00 bits per heavy atom. The van der Waals surface area contributed by atoms with Gasteiger partial charge in [-0.2, -0.15) is 16.8 Å². The Balaban J connectivity index is 5.94. The third-order valence-corrected chi connectivity index (χ3v) is 5.12. The van der Waals surface area contributed by atoms with Crippen molar-refractivity contribution in [2.45, 2.75) is 0 Å². The summed E-state index contributed by atoms with van der Waals surface area (Å²) in [5, 5.41) is -2.10. The van der Waals surface area contributed by atoms with E-state index in [4.69, 9.17) is 55.5 Å². The predicted octanol–water partition coefficient (Wildman–Crippen LogP) is 2.06. The van der Waals surface area contributed by atoms with E-state index < -0.39 is 39.0 Å². The second-order valence-electron chi connectivity index (χ2n) is 2.13. The number of hydrogen-bond acceptors (Lipinski definition) is 4. The van der Waals surface area contributed by atoms with Crippen molar-refractivity contribution < 1.29 is 25.9 Å². The molecule has 0 fully saturated rings. The fraction of sp³-hybridized carbons (Fsp3) is 0. The molecule has 6 nitrogen and oxygen atoms in total. The van der Waals surface area contributed by atoms with Crippen LogP contribution in [0.2, 0.25) is 0 Å². The molecular formula is C4H2Cl4O6S2. The molecule has 12 heteroatoms. The van der Waals surface area contributed by atoms with Gasteiger partial charge in [0.25, 0.3) is 0 Å². The topological polar surface area (TPSA) is 109 Å². The van der Waals surface area contributed by atoms with Crippen LogP contribution in [0.5, 0.6) is 0 Å². The van der Waals surface area contributed by atoms with Gasteiger partial charge in [-0.05, 0) is 0 Å². The minimum atomic E-state index is -4.87. The molecule has 0 saturated carbocycles. The predicted molar refractivity (Wildman–Crippen MR) is 60.6 cm³/mol. The molecule has 0 bridgehead atoms. The van der Waals surface area contributed by atoms with Gasteiger partial charge in [-0.25, -0.2) is 0 Å². The molecule has 0 aliphatic carbocycles. The Kier molecular flexibility index (Phi) is 5.56. The summed E-state index contributed by atoms with van der Waals surface area (Å²) >= 11 is 20.6. The molecule has 0 spiro atoms. The van der Waals surface area contributed by atoms with Crippen LogP contribution in [0.3, 0.4) is 0 Å². The van der Waals surface area contributed by atoms with Gasteiger partial charge >= 0.3 is 20.2 Å². The Labute approximate surface area is 111 Å². The molecule has 2 N–H and O–H groups in total. The lowest BCUT2D eigenvalue weighted by Crippen LogP contribution is -2.02. The summed E-state index contributed by atoms with van der Waals surface area (Å²) < 4.78 is 56.2. The van der Waals surface area contributed by atoms with E-state index in [1.165, 1.54) is 0 Å². The summed E-state index contributed by atoms with van der Waals surface area (Å²) in [6.45, 7) is 0. The van der Waals surface area contributed by atoms with Gasteiger partial charge < -0.3 is 0 Å². The van der Waals surface area contributed by atoms with E-state index in [0.29, 0.717) is 0 Å². The zero-order valence-electron chi connectivity index (χ0n) is 6.86. The Hall–Kier alpha value is 0.460. The van der Waals surface area contributed by atoms with E-state index in [1.807, 2.05) is 0 Å². The monoisotopic (exact) mass is 350 g/mol. The maximum Gasteiger partial charge on any atom is 0.307 e. The normalized spacial score (nSPS) is 16.6. The van der Waals surface area contributed by atoms with Crippen molar-refractivity contribution in [3.05, 3.63) is 18.8 Å². The molecule has 0 aromatic rings. The fourth-order valence-corrected chi connectivity index (χ4v) is 2.23. The van der Waals surface area contributed by atoms with Gasteiger partial charge in [0.2, 0.25) is 0 Å². The zero-order chi connectivity index (χ0) is 13.3. The van der Waals surface area contributed by atoms with Crippen molar-refractivity contribution >= 4 is 66.6 Å². The van der Waals surface area contributed by atoms with Crippen molar-refractivity contribution in [2.75, 3.05) is 0 Å². The van der Waals surface area contributed by atoms with Gasteiger partial charge in [-0.3, -0.25) is 9.11 Å². The largest absolute Gasteiger partial charge is 0.307 e. The lowest BCUT2D eigenvalue weighted by atomic mass is 10.6. The van der Waals surface area contributed by atoms with E-state index in [0.717, 1.165) is 0 Å². The second kappa shape index (κ2) is 5.40. The quantitative estimate of drug-likeness (QED) is 0.595. The highest BCUT2D eigenvalue weighted by Gasteiger charge is 2.24. The van der Waals surface area contributed by atoms with Gasteiger partial charge in [0, 0.05) is 0 Å². The molecule has 16 heavy (non-hydrogen) atoms. The van der Waals surface area contributed by atoms with E-state index >= 15 is 0 Å². The maximum absolute atomic E-state index is 10.5. The number of halogens is 4. The molecule has 0 amide bonds. The van der Waals surface area contributed by atoms with E-state index in [1.54, 1.807) is 0 Å². The highest BCUT2D eigenvalue weighted by Crippen LogP contribution is 2.33. The van der Waals surface area contributed by atoms with Crippen LogP contribution in [0, 0.1) is 0 Å². The van der Waals surface area contributed by atoms with Gasteiger partial charge in [0.15, 0.2) is 8.73 Å². The third kappa shape index (κ3) is 4.38.